The van der Waals surface area contributed by atoms with E-state index in [2.05, 4.69) is 0 Å². The van der Waals surface area contributed by atoms with Crippen molar-refractivity contribution in [1.29, 1.82) is 0 Å². The molecule has 8 nitrogen and oxygen atoms in total. The number of fused-ring (bicyclic) bond motifs is 1. The first kappa shape index (κ1) is 17.2. The second kappa shape index (κ2) is 6.73. The highest BCUT2D eigenvalue weighted by atomic mass is 32.2. The molecule has 3 heterocycles. The van der Waals surface area contributed by atoms with Crippen molar-refractivity contribution >= 4 is 29.5 Å². The number of β-lactam (4-membered cyclic amide) rings is 1. The molecule has 24 heavy (non-hydrogen) atoms. The van der Waals surface area contributed by atoms with Crippen molar-refractivity contribution in [1.82, 2.24) is 9.80 Å². The zero-order chi connectivity index (χ0) is 17.4. The Morgan fingerprint density at radius 1 is 1.42 bits per heavy atom. The van der Waals surface area contributed by atoms with Crippen LogP contribution in [0.3, 0.4) is 0 Å². The highest BCUT2D eigenvalue weighted by Gasteiger charge is 2.54. The Balaban J connectivity index is 1.88. The molecule has 2 amide bonds. The van der Waals surface area contributed by atoms with Gasteiger partial charge in [0.15, 0.2) is 6.10 Å². The first-order valence-electron chi connectivity index (χ1n) is 7.74. The summed E-state index contributed by atoms with van der Waals surface area (Å²) in [5.41, 5.74) is 0.883. The van der Waals surface area contributed by atoms with Gasteiger partial charge in [-0.05, 0) is 6.42 Å². The van der Waals surface area contributed by atoms with E-state index in [1.165, 1.54) is 35.6 Å². The van der Waals surface area contributed by atoms with Gasteiger partial charge in [0.05, 0.1) is 6.10 Å². The molecule has 0 aliphatic carbocycles. The fourth-order valence-corrected chi connectivity index (χ4v) is 4.46. The Bertz CT molecular complexity index is 607. The SMILES string of the molecule is CO[C@H]1C(=O)N2C(C(=O)N3CCC(O)C3)=C(COC(C)=O)CS[C@H]12. The van der Waals surface area contributed by atoms with E-state index in [9.17, 15) is 19.5 Å². The third-order valence-electron chi connectivity index (χ3n) is 4.36. The van der Waals surface area contributed by atoms with Crippen LogP contribution in [-0.4, -0.2) is 82.8 Å². The van der Waals surface area contributed by atoms with E-state index in [-0.39, 0.29) is 36.0 Å². The number of nitrogens with zero attached hydrogens (tertiary/aromatic N) is 2. The molecule has 3 rings (SSSR count). The predicted molar refractivity (Wildman–Crippen MR) is 84.8 cm³/mol. The van der Waals surface area contributed by atoms with Gasteiger partial charge in [-0.3, -0.25) is 19.3 Å². The summed E-state index contributed by atoms with van der Waals surface area (Å²) in [7, 11) is 1.47. The Kier molecular flexibility index (Phi) is 4.84. The number of rotatable bonds is 4. The maximum absolute atomic E-state index is 12.9. The maximum Gasteiger partial charge on any atom is 0.302 e. The van der Waals surface area contributed by atoms with Gasteiger partial charge in [-0.25, -0.2) is 0 Å². The highest BCUT2D eigenvalue weighted by molar-refractivity contribution is 8.00. The molecular weight excluding hydrogens is 336 g/mol. The lowest BCUT2D eigenvalue weighted by Crippen LogP contribution is -2.66. The quantitative estimate of drug-likeness (QED) is 0.527. The number of ether oxygens (including phenoxy) is 2. The smallest absolute Gasteiger partial charge is 0.302 e. The fraction of sp³-hybridized carbons (Fsp3) is 0.667. The van der Waals surface area contributed by atoms with E-state index in [1.54, 1.807) is 0 Å². The minimum absolute atomic E-state index is 0.0199. The Morgan fingerprint density at radius 2 is 2.17 bits per heavy atom. The van der Waals surface area contributed by atoms with Gasteiger partial charge in [0.25, 0.3) is 11.8 Å². The minimum atomic E-state index is -0.558. The van der Waals surface area contributed by atoms with Gasteiger partial charge in [-0.15, -0.1) is 11.8 Å². The first-order chi connectivity index (χ1) is 11.4. The lowest BCUT2D eigenvalue weighted by molar-refractivity contribution is -0.161. The third-order valence-corrected chi connectivity index (χ3v) is 5.67. The van der Waals surface area contributed by atoms with Gasteiger partial charge < -0.3 is 19.5 Å². The molecule has 2 fully saturated rings. The predicted octanol–water partition coefficient (Wildman–Crippen LogP) is -0.673. The van der Waals surface area contributed by atoms with Gasteiger partial charge in [-0.2, -0.15) is 0 Å². The van der Waals surface area contributed by atoms with Crippen molar-refractivity contribution in [2.75, 3.05) is 32.6 Å². The second-order valence-electron chi connectivity index (χ2n) is 5.99. The van der Waals surface area contributed by atoms with E-state index in [1.807, 2.05) is 0 Å². The molecule has 1 unspecified atom stereocenters. The third kappa shape index (κ3) is 2.91. The van der Waals surface area contributed by atoms with Gasteiger partial charge in [0.2, 0.25) is 0 Å². The summed E-state index contributed by atoms with van der Waals surface area (Å²) < 4.78 is 10.2. The van der Waals surface area contributed by atoms with Gasteiger partial charge in [-0.1, -0.05) is 0 Å². The van der Waals surface area contributed by atoms with E-state index >= 15 is 0 Å². The normalized spacial score (nSPS) is 29.5. The number of hydrogen-bond donors (Lipinski definition) is 1. The number of aliphatic hydroxyl groups is 1. The number of hydrogen-bond acceptors (Lipinski definition) is 7. The summed E-state index contributed by atoms with van der Waals surface area (Å²) in [6.07, 6.45) is -0.582. The molecule has 3 atom stereocenters. The molecular formula is C15H20N2O6S. The average Bonchev–Trinajstić information content (AvgIpc) is 2.98. The van der Waals surface area contributed by atoms with Crippen molar-refractivity contribution < 1.29 is 29.0 Å². The monoisotopic (exact) mass is 356 g/mol. The maximum atomic E-state index is 12.9. The zero-order valence-corrected chi connectivity index (χ0v) is 14.4. The second-order valence-corrected chi connectivity index (χ2v) is 7.10. The topological polar surface area (TPSA) is 96.4 Å². The molecule has 3 aliphatic heterocycles. The standard InChI is InChI=1S/C15H20N2O6S/c1-8(18)23-6-9-7-24-15-12(22-2)14(21)17(15)11(9)13(20)16-4-3-10(19)5-16/h10,12,15,19H,3-7H2,1-2H3/t10?,12-,15+/m0/s1. The Labute approximate surface area is 143 Å². The molecule has 0 aromatic heterocycles. The molecule has 0 saturated carbocycles. The lowest BCUT2D eigenvalue weighted by atomic mass is 10.0. The van der Waals surface area contributed by atoms with Crippen LogP contribution in [0.15, 0.2) is 11.3 Å². The number of methoxy groups -OCH3 is 1. The summed E-state index contributed by atoms with van der Waals surface area (Å²) in [5, 5.41) is 9.43. The average molecular weight is 356 g/mol. The summed E-state index contributed by atoms with van der Waals surface area (Å²) in [4.78, 5) is 39.3. The van der Waals surface area contributed by atoms with E-state index in [0.29, 0.717) is 24.3 Å². The van der Waals surface area contributed by atoms with Crippen LogP contribution in [0.1, 0.15) is 13.3 Å². The van der Waals surface area contributed by atoms with Gasteiger partial charge in [0, 0.05) is 38.4 Å². The number of carbonyl (C=O) groups excluding carboxylic acids is 3. The van der Waals surface area contributed by atoms with Crippen LogP contribution in [-0.2, 0) is 23.9 Å². The molecule has 9 heteroatoms. The number of thioether (sulfide) groups is 1. The van der Waals surface area contributed by atoms with E-state index in [4.69, 9.17) is 9.47 Å². The number of β-amino-alcohol motifs (C(OH)–C–C–N with tert-alkyl or cyclic N) is 1. The Morgan fingerprint density at radius 3 is 2.75 bits per heavy atom. The molecule has 3 aliphatic rings. The molecule has 0 aromatic carbocycles. The molecule has 0 aromatic rings. The minimum Gasteiger partial charge on any atom is -0.461 e. The van der Waals surface area contributed by atoms with Crippen LogP contribution >= 0.6 is 11.8 Å². The molecule has 0 radical (unpaired) electrons. The van der Waals surface area contributed by atoms with E-state index < -0.39 is 18.2 Å². The Hall–Kier alpha value is -1.58. The highest BCUT2D eigenvalue weighted by Crippen LogP contribution is 2.42. The molecule has 132 valence electrons. The van der Waals surface area contributed by atoms with Crippen molar-refractivity contribution in [2.24, 2.45) is 0 Å². The summed E-state index contributed by atoms with van der Waals surface area (Å²) in [6, 6.07) is 0. The molecule has 0 bridgehead atoms. The first-order valence-corrected chi connectivity index (χ1v) is 8.79. The van der Waals surface area contributed by atoms with Crippen LogP contribution in [0.5, 0.6) is 0 Å². The molecule has 0 spiro atoms. The van der Waals surface area contributed by atoms with Gasteiger partial charge in [0.1, 0.15) is 17.7 Å². The zero-order valence-electron chi connectivity index (χ0n) is 13.6. The van der Waals surface area contributed by atoms with Crippen molar-refractivity contribution in [2.45, 2.75) is 30.9 Å². The number of amides is 2. The van der Waals surface area contributed by atoms with Crippen molar-refractivity contribution in [3.8, 4) is 0 Å². The summed E-state index contributed by atoms with van der Waals surface area (Å²) in [5.74, 6) is -0.526. The van der Waals surface area contributed by atoms with Gasteiger partial charge >= 0.3 is 5.97 Å². The van der Waals surface area contributed by atoms with Crippen LogP contribution in [0.25, 0.3) is 0 Å². The lowest BCUT2D eigenvalue weighted by Gasteiger charge is -2.49. The van der Waals surface area contributed by atoms with Crippen LogP contribution in [0, 0.1) is 0 Å². The van der Waals surface area contributed by atoms with Crippen LogP contribution in [0.2, 0.25) is 0 Å². The number of likely N-dealkylation sites (tertiary alicyclic amines) is 1. The van der Waals surface area contributed by atoms with Crippen molar-refractivity contribution in [3.05, 3.63) is 11.3 Å². The summed E-state index contributed by atoms with van der Waals surface area (Å²) >= 11 is 1.48. The van der Waals surface area contributed by atoms with E-state index in [0.717, 1.165) is 0 Å². The summed E-state index contributed by atoms with van der Waals surface area (Å²) in [6.45, 7) is 1.97. The molecule has 2 saturated heterocycles. The fourth-order valence-electron chi connectivity index (χ4n) is 3.11. The van der Waals surface area contributed by atoms with Crippen molar-refractivity contribution in [3.63, 3.8) is 0 Å². The number of aliphatic hydroxyl groups excluding tert-OH is 1. The number of carbonyl (C=O) groups is 3. The van der Waals surface area contributed by atoms with Crippen LogP contribution in [0.4, 0.5) is 0 Å². The van der Waals surface area contributed by atoms with Crippen LogP contribution < -0.4 is 0 Å². The molecule has 1 N–H and O–H groups in total. The largest absolute Gasteiger partial charge is 0.461 e. The number of esters is 1.